The highest BCUT2D eigenvalue weighted by Gasteiger charge is 2.67. The molecule has 2 atom stereocenters. The van der Waals surface area contributed by atoms with Crippen molar-refractivity contribution >= 4 is 0 Å². The van der Waals surface area contributed by atoms with Gasteiger partial charge in [-0.2, -0.15) is 0 Å². The van der Waals surface area contributed by atoms with Crippen LogP contribution in [0.15, 0.2) is 23.3 Å². The molecule has 0 aromatic heterocycles. The zero-order valence-electron chi connectivity index (χ0n) is 7.91. The van der Waals surface area contributed by atoms with Crippen LogP contribution in [0.1, 0.15) is 34.1 Å². The summed E-state index contributed by atoms with van der Waals surface area (Å²) in [5.74, 6) is 0. The Balaban J connectivity index is 2.57. The number of rotatable bonds is 0. The maximum absolute atomic E-state index is 4.17. The summed E-state index contributed by atoms with van der Waals surface area (Å²) < 4.78 is 0. The second-order valence-electron chi connectivity index (χ2n) is 4.57. The van der Waals surface area contributed by atoms with Crippen LogP contribution < -0.4 is 0 Å². The smallest absolute Gasteiger partial charge is 0.00214 e. The molecule has 0 heterocycles. The molecular formula is C11H16. The predicted octanol–water partition coefficient (Wildman–Crippen LogP) is 3.31. The number of hydrogen-bond acceptors (Lipinski definition) is 0. The minimum absolute atomic E-state index is 0.432. The van der Waals surface area contributed by atoms with Crippen molar-refractivity contribution < 1.29 is 0 Å². The fourth-order valence-corrected chi connectivity index (χ4v) is 2.70. The third kappa shape index (κ3) is 0.503. The molecule has 2 unspecified atom stereocenters. The normalized spacial score (nSPS) is 48.2. The van der Waals surface area contributed by atoms with E-state index < -0.39 is 0 Å². The fourth-order valence-electron chi connectivity index (χ4n) is 2.70. The molecule has 11 heavy (non-hydrogen) atoms. The number of allylic oxidation sites excluding steroid dienone is 3. The van der Waals surface area contributed by atoms with E-state index in [9.17, 15) is 0 Å². The van der Waals surface area contributed by atoms with E-state index in [2.05, 4.69) is 34.3 Å². The average Bonchev–Trinajstić information content (AvgIpc) is 2.49. The molecule has 0 spiro atoms. The molecule has 0 N–H and O–H groups in total. The number of hydrogen-bond donors (Lipinski definition) is 0. The molecule has 0 bridgehead atoms. The number of fused-ring (bicyclic) bond motifs is 1. The van der Waals surface area contributed by atoms with E-state index >= 15 is 0 Å². The van der Waals surface area contributed by atoms with Gasteiger partial charge in [-0.15, -0.1) is 0 Å². The molecule has 2 rings (SSSR count). The second-order valence-corrected chi connectivity index (χ2v) is 4.57. The zero-order chi connectivity index (χ0) is 8.44. The van der Waals surface area contributed by atoms with Crippen LogP contribution in [-0.4, -0.2) is 0 Å². The van der Waals surface area contributed by atoms with Crippen LogP contribution in [0.2, 0.25) is 0 Å². The van der Waals surface area contributed by atoms with Gasteiger partial charge in [-0.1, -0.05) is 26.0 Å². The fraction of sp³-hybridized carbons (Fsp3) is 0.636. The second kappa shape index (κ2) is 1.48. The van der Waals surface area contributed by atoms with Crippen LogP contribution in [0.5, 0.6) is 0 Å². The Labute approximate surface area is 69.0 Å². The van der Waals surface area contributed by atoms with Crippen molar-refractivity contribution in [3.8, 4) is 0 Å². The quantitative estimate of drug-likeness (QED) is 0.494. The molecule has 0 radical (unpaired) electrons. The van der Waals surface area contributed by atoms with E-state index in [4.69, 9.17) is 0 Å². The molecule has 0 aromatic carbocycles. The highest BCUT2D eigenvalue weighted by Crippen LogP contribution is 2.76. The van der Waals surface area contributed by atoms with Gasteiger partial charge in [-0.05, 0) is 36.8 Å². The zero-order valence-corrected chi connectivity index (χ0v) is 7.91. The first kappa shape index (κ1) is 7.15. The van der Waals surface area contributed by atoms with E-state index in [-0.39, 0.29) is 0 Å². The summed E-state index contributed by atoms with van der Waals surface area (Å²) in [6.45, 7) is 13.3. The van der Waals surface area contributed by atoms with Crippen molar-refractivity contribution in [1.82, 2.24) is 0 Å². The van der Waals surface area contributed by atoms with Gasteiger partial charge in [-0.25, -0.2) is 0 Å². The lowest BCUT2D eigenvalue weighted by Crippen LogP contribution is -2.02. The van der Waals surface area contributed by atoms with Gasteiger partial charge in [0.2, 0.25) is 0 Å². The Bertz CT molecular complexity index is 282. The van der Waals surface area contributed by atoms with Gasteiger partial charge in [0.05, 0.1) is 0 Å². The van der Waals surface area contributed by atoms with E-state index in [1.54, 1.807) is 5.57 Å². The molecule has 0 aromatic rings. The lowest BCUT2D eigenvalue weighted by molar-refractivity contribution is 0.542. The monoisotopic (exact) mass is 148 g/mol. The van der Waals surface area contributed by atoms with Crippen molar-refractivity contribution in [3.05, 3.63) is 23.3 Å². The SMILES string of the molecule is C=C1C(C)=C(C)C2(C)CC12C. The molecule has 0 nitrogen and oxygen atoms in total. The molecule has 1 saturated carbocycles. The highest BCUT2D eigenvalue weighted by atomic mass is 14.7. The lowest BCUT2D eigenvalue weighted by atomic mass is 9.94. The molecule has 0 amide bonds. The maximum atomic E-state index is 4.17. The van der Waals surface area contributed by atoms with Crippen LogP contribution >= 0.6 is 0 Å². The Morgan fingerprint density at radius 2 is 1.73 bits per heavy atom. The molecule has 0 heteroatoms. The van der Waals surface area contributed by atoms with Gasteiger partial charge in [-0.3, -0.25) is 0 Å². The Morgan fingerprint density at radius 3 is 1.91 bits per heavy atom. The van der Waals surface area contributed by atoms with Crippen LogP contribution in [0.3, 0.4) is 0 Å². The minimum atomic E-state index is 0.432. The highest BCUT2D eigenvalue weighted by molar-refractivity contribution is 5.55. The largest absolute Gasteiger partial charge is 0.0950 e. The molecule has 2 aliphatic carbocycles. The van der Waals surface area contributed by atoms with Crippen LogP contribution in [0.25, 0.3) is 0 Å². The topological polar surface area (TPSA) is 0 Å². The van der Waals surface area contributed by atoms with Gasteiger partial charge >= 0.3 is 0 Å². The summed E-state index contributed by atoms with van der Waals surface area (Å²) in [4.78, 5) is 0. The van der Waals surface area contributed by atoms with Crippen LogP contribution in [-0.2, 0) is 0 Å². The third-order valence-corrected chi connectivity index (χ3v) is 4.31. The van der Waals surface area contributed by atoms with Crippen molar-refractivity contribution in [3.63, 3.8) is 0 Å². The Kier molecular flexibility index (Phi) is 0.960. The summed E-state index contributed by atoms with van der Waals surface area (Å²) >= 11 is 0. The third-order valence-electron chi connectivity index (χ3n) is 4.31. The van der Waals surface area contributed by atoms with E-state index in [1.807, 2.05) is 0 Å². The summed E-state index contributed by atoms with van der Waals surface area (Å²) in [5, 5.41) is 0. The summed E-state index contributed by atoms with van der Waals surface area (Å²) in [5.41, 5.74) is 5.33. The van der Waals surface area contributed by atoms with Crippen molar-refractivity contribution in [2.45, 2.75) is 34.1 Å². The first-order valence-corrected chi connectivity index (χ1v) is 4.31. The maximum Gasteiger partial charge on any atom is 0.00214 e. The van der Waals surface area contributed by atoms with Gasteiger partial charge in [0.15, 0.2) is 0 Å². The van der Waals surface area contributed by atoms with Gasteiger partial charge in [0.1, 0.15) is 0 Å². The van der Waals surface area contributed by atoms with Gasteiger partial charge in [0, 0.05) is 5.41 Å². The van der Waals surface area contributed by atoms with Crippen molar-refractivity contribution in [2.75, 3.05) is 0 Å². The molecular weight excluding hydrogens is 132 g/mol. The molecule has 0 saturated heterocycles. The van der Waals surface area contributed by atoms with Gasteiger partial charge in [0.25, 0.3) is 0 Å². The first-order chi connectivity index (χ1) is 4.93. The first-order valence-electron chi connectivity index (χ1n) is 4.31. The summed E-state index contributed by atoms with van der Waals surface area (Å²) in [6, 6.07) is 0. The summed E-state index contributed by atoms with van der Waals surface area (Å²) in [7, 11) is 0. The minimum Gasteiger partial charge on any atom is -0.0950 e. The van der Waals surface area contributed by atoms with Gasteiger partial charge < -0.3 is 0 Å². The lowest BCUT2D eigenvalue weighted by Gasteiger charge is -2.10. The van der Waals surface area contributed by atoms with E-state index in [0.717, 1.165) is 0 Å². The van der Waals surface area contributed by atoms with Crippen molar-refractivity contribution in [1.29, 1.82) is 0 Å². The molecule has 1 fully saturated rings. The molecule has 2 aliphatic rings. The van der Waals surface area contributed by atoms with E-state index in [0.29, 0.717) is 10.8 Å². The molecule has 0 aliphatic heterocycles. The average molecular weight is 148 g/mol. The van der Waals surface area contributed by atoms with E-state index in [1.165, 1.54) is 17.6 Å². The standard InChI is InChI=1S/C11H16/c1-7-8(2)10(4)6-11(10,5)9(7)3/h2,6H2,1,3-5H3. The van der Waals surface area contributed by atoms with Crippen LogP contribution in [0.4, 0.5) is 0 Å². The predicted molar refractivity (Wildman–Crippen MR) is 48.3 cm³/mol. The van der Waals surface area contributed by atoms with Crippen molar-refractivity contribution in [2.24, 2.45) is 10.8 Å². The Hall–Kier alpha value is -0.520. The Morgan fingerprint density at radius 1 is 1.18 bits per heavy atom. The van der Waals surface area contributed by atoms with Crippen LogP contribution in [0, 0.1) is 10.8 Å². The summed E-state index contributed by atoms with van der Waals surface area (Å²) in [6.07, 6.45) is 1.32. The molecule has 60 valence electrons.